The zero-order chi connectivity index (χ0) is 23.5. The van der Waals surface area contributed by atoms with E-state index >= 15 is 0 Å². The second-order valence-electron chi connectivity index (χ2n) is 8.78. The molecule has 1 fully saturated rings. The van der Waals surface area contributed by atoms with Crippen LogP contribution in [0.2, 0.25) is 0 Å². The smallest absolute Gasteiger partial charge is 0.232 e. The van der Waals surface area contributed by atoms with Crippen LogP contribution in [-0.2, 0) is 16.0 Å². The normalized spacial score (nSPS) is 17.5. The number of aliphatic hydroxyl groups excluding tert-OH is 1. The number of ether oxygens (including phenoxy) is 2. The molecule has 1 aliphatic heterocycles. The van der Waals surface area contributed by atoms with E-state index in [1.165, 1.54) is 6.42 Å². The lowest BCUT2D eigenvalue weighted by molar-refractivity contribution is 0.0230. The van der Waals surface area contributed by atoms with Crippen molar-refractivity contribution in [2.75, 3.05) is 51.5 Å². The van der Waals surface area contributed by atoms with Gasteiger partial charge in [-0.25, -0.2) is 0 Å². The number of methoxy groups -OCH3 is 1. The van der Waals surface area contributed by atoms with Gasteiger partial charge in [0.1, 0.15) is 5.69 Å². The Morgan fingerprint density at radius 3 is 2.88 bits per heavy atom. The molecular formula is C26H39N3O4. The van der Waals surface area contributed by atoms with Crippen LogP contribution < -0.4 is 4.90 Å². The van der Waals surface area contributed by atoms with Crippen molar-refractivity contribution in [3.8, 4) is 11.3 Å². The van der Waals surface area contributed by atoms with E-state index in [-0.39, 0.29) is 6.61 Å². The van der Waals surface area contributed by atoms with Crippen molar-refractivity contribution in [1.82, 2.24) is 10.1 Å². The molecule has 1 aliphatic rings. The molecule has 0 amide bonds. The summed E-state index contributed by atoms with van der Waals surface area (Å²) in [5.41, 5.74) is 2.99. The molecule has 1 N–H and O–H groups in total. The van der Waals surface area contributed by atoms with Crippen molar-refractivity contribution in [3.63, 3.8) is 0 Å². The average Bonchev–Trinajstić information content (AvgIpc) is 3.23. The molecule has 2 atom stereocenters. The molecule has 0 radical (unpaired) electrons. The molecule has 1 aromatic carbocycles. The Balaban J connectivity index is 1.86. The van der Waals surface area contributed by atoms with Crippen LogP contribution in [0.5, 0.6) is 0 Å². The molecule has 1 aromatic heterocycles. The fraction of sp³-hybridized carbons (Fsp3) is 0.577. The van der Waals surface area contributed by atoms with Gasteiger partial charge in [0, 0.05) is 51.5 Å². The average molecular weight is 458 g/mol. The zero-order valence-corrected chi connectivity index (χ0v) is 20.1. The van der Waals surface area contributed by atoms with Gasteiger partial charge >= 0.3 is 0 Å². The summed E-state index contributed by atoms with van der Waals surface area (Å²) in [5.74, 6) is 0.857. The number of aliphatic hydroxyl groups is 1. The summed E-state index contributed by atoms with van der Waals surface area (Å²) in [6.07, 6.45) is 5.52. The third-order valence-electron chi connectivity index (χ3n) is 6.10. The summed E-state index contributed by atoms with van der Waals surface area (Å²) in [5, 5.41) is 15.1. The van der Waals surface area contributed by atoms with Crippen LogP contribution in [0.15, 0.2) is 47.5 Å². The van der Waals surface area contributed by atoms with E-state index in [0.29, 0.717) is 32.3 Å². The van der Waals surface area contributed by atoms with Crippen LogP contribution in [0.3, 0.4) is 0 Å². The Hall–Kier alpha value is -2.19. The lowest BCUT2D eigenvalue weighted by atomic mass is 10.0. The van der Waals surface area contributed by atoms with E-state index in [4.69, 9.17) is 14.0 Å². The van der Waals surface area contributed by atoms with Gasteiger partial charge < -0.3 is 24.0 Å². The van der Waals surface area contributed by atoms with E-state index in [1.54, 1.807) is 13.2 Å². The molecule has 0 saturated carbocycles. The number of anilines is 1. The highest BCUT2D eigenvalue weighted by Gasteiger charge is 2.29. The molecule has 7 nitrogen and oxygen atoms in total. The number of aromatic nitrogens is 1. The van der Waals surface area contributed by atoms with E-state index < -0.39 is 6.10 Å². The van der Waals surface area contributed by atoms with Gasteiger partial charge in [-0.05, 0) is 32.6 Å². The van der Waals surface area contributed by atoms with Gasteiger partial charge in [0.05, 0.1) is 24.9 Å². The summed E-state index contributed by atoms with van der Waals surface area (Å²) in [4.78, 5) is 4.60. The molecule has 33 heavy (non-hydrogen) atoms. The summed E-state index contributed by atoms with van der Waals surface area (Å²) >= 11 is 0. The van der Waals surface area contributed by atoms with E-state index in [0.717, 1.165) is 55.1 Å². The maximum Gasteiger partial charge on any atom is 0.232 e. The monoisotopic (exact) mass is 457 g/mol. The van der Waals surface area contributed by atoms with Crippen LogP contribution >= 0.6 is 0 Å². The minimum absolute atomic E-state index is 0.276. The predicted octanol–water partition coefficient (Wildman–Crippen LogP) is 4.12. The summed E-state index contributed by atoms with van der Waals surface area (Å²) < 4.78 is 16.7. The topological polar surface area (TPSA) is 71.2 Å². The number of hydrogen-bond donors (Lipinski definition) is 1. The number of rotatable bonds is 14. The predicted molar refractivity (Wildman–Crippen MR) is 131 cm³/mol. The van der Waals surface area contributed by atoms with Crippen LogP contribution in [0.1, 0.15) is 38.2 Å². The van der Waals surface area contributed by atoms with Crippen molar-refractivity contribution in [2.45, 2.75) is 51.3 Å². The molecule has 7 heteroatoms. The second kappa shape index (κ2) is 13.5. The van der Waals surface area contributed by atoms with E-state index in [1.807, 2.05) is 18.2 Å². The lowest BCUT2D eigenvalue weighted by Crippen LogP contribution is -2.39. The Morgan fingerprint density at radius 2 is 2.15 bits per heavy atom. The van der Waals surface area contributed by atoms with E-state index in [2.05, 4.69) is 40.6 Å². The molecular weight excluding hydrogens is 418 g/mol. The third-order valence-corrected chi connectivity index (χ3v) is 6.10. The maximum atomic E-state index is 10.6. The molecule has 0 bridgehead atoms. The second-order valence-corrected chi connectivity index (χ2v) is 8.78. The molecule has 2 heterocycles. The molecule has 2 aromatic rings. The maximum absolute atomic E-state index is 10.6. The fourth-order valence-corrected chi connectivity index (χ4v) is 4.42. The molecule has 0 unspecified atom stereocenters. The first-order chi connectivity index (χ1) is 16.1. The van der Waals surface area contributed by atoms with E-state index in [9.17, 15) is 5.11 Å². The van der Waals surface area contributed by atoms with Gasteiger partial charge in [-0.3, -0.25) is 4.90 Å². The first kappa shape index (κ1) is 25.4. The standard InChI is InChI=1S/C26H39N3O4/c1-4-16-32-20-23(30)18-28(14-10-17-31-3)19-24-25(22-12-6-5-7-13-22)27-33-26(24)29-15-9-8-11-21(29)2/h4-7,12-13,21,23,30H,1,8-11,14-20H2,2-3H3/t21-,23-/m0/s1. The Labute approximate surface area is 198 Å². The van der Waals surface area contributed by atoms with Gasteiger partial charge in [0.15, 0.2) is 0 Å². The summed E-state index contributed by atoms with van der Waals surface area (Å²) in [6.45, 7) is 10.2. The SMILES string of the molecule is C=CCOC[C@@H](O)CN(CCCOC)Cc1c(-c2ccccc2)noc1N1CCCC[C@@H]1C. The van der Waals surface area contributed by atoms with Gasteiger partial charge in [-0.15, -0.1) is 6.58 Å². The highest BCUT2D eigenvalue weighted by molar-refractivity contribution is 5.68. The third kappa shape index (κ3) is 7.40. The minimum Gasteiger partial charge on any atom is -0.389 e. The first-order valence-corrected chi connectivity index (χ1v) is 12.0. The van der Waals surface area contributed by atoms with Crippen LogP contribution in [0, 0.1) is 0 Å². The van der Waals surface area contributed by atoms with Gasteiger partial charge in [0.2, 0.25) is 5.88 Å². The lowest BCUT2D eigenvalue weighted by Gasteiger charge is -2.34. The zero-order valence-electron chi connectivity index (χ0n) is 20.1. The Morgan fingerprint density at radius 1 is 1.33 bits per heavy atom. The van der Waals surface area contributed by atoms with Crippen LogP contribution in [0.4, 0.5) is 5.88 Å². The first-order valence-electron chi connectivity index (χ1n) is 12.0. The molecule has 0 aliphatic carbocycles. The fourth-order valence-electron chi connectivity index (χ4n) is 4.42. The Bertz CT molecular complexity index is 826. The summed E-state index contributed by atoms with van der Waals surface area (Å²) in [6, 6.07) is 10.6. The molecule has 0 spiro atoms. The highest BCUT2D eigenvalue weighted by Crippen LogP contribution is 2.35. The van der Waals surface area contributed by atoms with Crippen LogP contribution in [-0.4, -0.2) is 73.9 Å². The number of piperidine rings is 1. The van der Waals surface area contributed by atoms with Gasteiger partial charge in [-0.2, -0.15) is 0 Å². The summed E-state index contributed by atoms with van der Waals surface area (Å²) in [7, 11) is 1.71. The highest BCUT2D eigenvalue weighted by atomic mass is 16.5. The van der Waals surface area contributed by atoms with Crippen molar-refractivity contribution in [1.29, 1.82) is 0 Å². The Kier molecular flexibility index (Phi) is 10.4. The largest absolute Gasteiger partial charge is 0.389 e. The van der Waals surface area contributed by atoms with Crippen molar-refractivity contribution in [3.05, 3.63) is 48.6 Å². The van der Waals surface area contributed by atoms with Gasteiger partial charge in [-0.1, -0.05) is 41.6 Å². The van der Waals surface area contributed by atoms with Crippen molar-refractivity contribution in [2.24, 2.45) is 0 Å². The molecule has 3 rings (SSSR count). The number of benzene rings is 1. The number of hydrogen-bond acceptors (Lipinski definition) is 7. The van der Waals surface area contributed by atoms with Crippen molar-refractivity contribution < 1.29 is 19.1 Å². The molecule has 1 saturated heterocycles. The van der Waals surface area contributed by atoms with Gasteiger partial charge in [0.25, 0.3) is 0 Å². The number of nitrogens with zero attached hydrogens (tertiary/aromatic N) is 3. The van der Waals surface area contributed by atoms with Crippen molar-refractivity contribution >= 4 is 5.88 Å². The minimum atomic E-state index is -0.593. The quantitative estimate of drug-likeness (QED) is 0.338. The van der Waals surface area contributed by atoms with Crippen LogP contribution in [0.25, 0.3) is 11.3 Å². The molecule has 182 valence electrons.